The molecule has 0 fully saturated rings. The van der Waals surface area contributed by atoms with Crippen molar-refractivity contribution in [3.05, 3.63) is 77.9 Å². The van der Waals surface area contributed by atoms with Gasteiger partial charge in [0.15, 0.2) is 0 Å². The molecule has 1 amide bonds. The van der Waals surface area contributed by atoms with Crippen LogP contribution in [0.1, 0.15) is 21.5 Å². The number of carboxylic acids is 1. The predicted molar refractivity (Wildman–Crippen MR) is 111 cm³/mol. The Kier molecular flexibility index (Phi) is 7.06. The van der Waals surface area contributed by atoms with Crippen molar-refractivity contribution in [1.82, 2.24) is 29.9 Å². The summed E-state index contributed by atoms with van der Waals surface area (Å²) in [5, 5.41) is 17.7. The number of aromatic amines is 1. The van der Waals surface area contributed by atoms with Crippen LogP contribution in [0, 0.1) is 0 Å². The zero-order valence-electron chi connectivity index (χ0n) is 17.3. The van der Waals surface area contributed by atoms with Crippen molar-refractivity contribution in [2.24, 2.45) is 0 Å². The van der Waals surface area contributed by atoms with E-state index in [1.54, 1.807) is 42.7 Å². The molecule has 0 aliphatic heterocycles. The van der Waals surface area contributed by atoms with Crippen molar-refractivity contribution < 1.29 is 27.9 Å². The fourth-order valence-electron chi connectivity index (χ4n) is 2.88. The molecule has 9 nitrogen and oxygen atoms in total. The molecule has 0 atom stereocenters. The van der Waals surface area contributed by atoms with E-state index in [9.17, 15) is 18.0 Å². The number of nitrogens with zero attached hydrogens (tertiary/aromatic N) is 5. The number of H-pyrrole nitrogens is 1. The molecule has 0 saturated heterocycles. The molecule has 0 radical (unpaired) electrons. The molecule has 0 aliphatic carbocycles. The number of imidazole rings is 1. The number of fused-ring (bicyclic) bond motifs is 1. The smallest absolute Gasteiger partial charge is 0.475 e. The maximum Gasteiger partial charge on any atom is 0.490 e. The van der Waals surface area contributed by atoms with Crippen LogP contribution < -0.4 is 0 Å². The molecule has 4 rings (SSSR count). The van der Waals surface area contributed by atoms with Crippen LogP contribution in [0.15, 0.2) is 61.2 Å². The molecule has 172 valence electrons. The molecule has 4 aromatic rings. The summed E-state index contributed by atoms with van der Waals surface area (Å²) < 4.78 is 33.8. The van der Waals surface area contributed by atoms with E-state index in [-0.39, 0.29) is 5.91 Å². The number of nitrogens with one attached hydrogen (secondary N) is 1. The van der Waals surface area contributed by atoms with Gasteiger partial charge in [-0.2, -0.15) is 28.6 Å². The average molecular weight is 460 g/mol. The highest BCUT2D eigenvalue weighted by atomic mass is 19.4. The van der Waals surface area contributed by atoms with Crippen LogP contribution >= 0.6 is 0 Å². The Morgan fingerprint density at radius 2 is 1.70 bits per heavy atom. The average Bonchev–Trinajstić information content (AvgIpc) is 3.45. The molecule has 0 aliphatic rings. The largest absolute Gasteiger partial charge is 0.490 e. The van der Waals surface area contributed by atoms with E-state index in [1.807, 2.05) is 10.8 Å². The topological polar surface area (TPSA) is 117 Å². The van der Waals surface area contributed by atoms with Gasteiger partial charge in [-0.25, -0.2) is 9.78 Å². The Morgan fingerprint density at radius 3 is 2.30 bits per heavy atom. The second kappa shape index (κ2) is 9.94. The molecule has 12 heteroatoms. The normalized spacial score (nSPS) is 11.0. The highest BCUT2D eigenvalue weighted by molar-refractivity contribution is 5.97. The molecule has 2 N–H and O–H groups in total. The lowest BCUT2D eigenvalue weighted by atomic mass is 10.1. The number of hydrogen-bond donors (Lipinski definition) is 2. The Bertz CT molecular complexity index is 1220. The highest BCUT2D eigenvalue weighted by Gasteiger charge is 2.38. The van der Waals surface area contributed by atoms with Gasteiger partial charge in [-0.15, -0.1) is 0 Å². The highest BCUT2D eigenvalue weighted by Crippen LogP contribution is 2.15. The summed E-state index contributed by atoms with van der Waals surface area (Å²) in [6, 6.07) is 13.6. The third-order valence-corrected chi connectivity index (χ3v) is 4.52. The molecule has 0 unspecified atom stereocenters. The summed E-state index contributed by atoms with van der Waals surface area (Å²) in [7, 11) is 1.80. The number of alkyl halides is 3. The van der Waals surface area contributed by atoms with Crippen LogP contribution in [0.2, 0.25) is 0 Å². The molecule has 2 aromatic heterocycles. The first-order valence-corrected chi connectivity index (χ1v) is 9.53. The number of carboxylic acid groups (broad SMARTS) is 1. The second-order valence-electron chi connectivity index (χ2n) is 7.04. The Hall–Kier alpha value is -4.22. The monoisotopic (exact) mass is 460 g/mol. The molecular formula is C21H19F3N6O3. The first-order chi connectivity index (χ1) is 15.6. The van der Waals surface area contributed by atoms with Gasteiger partial charge in [-0.1, -0.05) is 24.3 Å². The zero-order valence-corrected chi connectivity index (χ0v) is 17.3. The van der Waals surface area contributed by atoms with Gasteiger partial charge in [0.1, 0.15) is 11.0 Å². The minimum Gasteiger partial charge on any atom is -0.475 e. The number of aromatic nitrogens is 5. The number of amides is 1. The Labute approximate surface area is 185 Å². The molecule has 0 bridgehead atoms. The standard InChI is InChI=1S/C19H18N6O.C2HF3O2/c1-24(19(26)16-6-7-17-18(10-16)22-23-21-17)11-14-2-4-15(5-3-14)12-25-9-8-20-13-25;3-2(4,5)1(6)7/h2-10,13H,11-12H2,1H3,(H,21,22,23);(H,6,7). The molecule has 33 heavy (non-hydrogen) atoms. The second-order valence-corrected chi connectivity index (χ2v) is 7.04. The van der Waals surface area contributed by atoms with Gasteiger partial charge in [-0.3, -0.25) is 4.79 Å². The SMILES string of the molecule is CN(Cc1ccc(Cn2ccnc2)cc1)C(=O)c1ccc2n[nH]nc2c1.O=C(O)C(F)(F)F. The van der Waals surface area contributed by atoms with Gasteiger partial charge in [0, 0.05) is 38.1 Å². The number of halogens is 3. The van der Waals surface area contributed by atoms with Gasteiger partial charge >= 0.3 is 12.1 Å². The van der Waals surface area contributed by atoms with Crippen LogP contribution in [0.4, 0.5) is 13.2 Å². The number of hydrogen-bond acceptors (Lipinski definition) is 5. The minimum absolute atomic E-state index is 0.0441. The van der Waals surface area contributed by atoms with Crippen LogP contribution in [0.3, 0.4) is 0 Å². The first-order valence-electron chi connectivity index (χ1n) is 9.53. The van der Waals surface area contributed by atoms with Crippen molar-refractivity contribution in [2.45, 2.75) is 19.3 Å². The van der Waals surface area contributed by atoms with Crippen molar-refractivity contribution >= 4 is 22.9 Å². The first kappa shape index (κ1) is 23.4. The van der Waals surface area contributed by atoms with Gasteiger partial charge in [-0.05, 0) is 29.3 Å². The number of rotatable bonds is 5. The maximum absolute atomic E-state index is 12.7. The molecule has 2 heterocycles. The summed E-state index contributed by atoms with van der Waals surface area (Å²) in [6.07, 6.45) is 0.420. The van der Waals surface area contributed by atoms with Crippen molar-refractivity contribution in [3.8, 4) is 0 Å². The van der Waals surface area contributed by atoms with Gasteiger partial charge in [0.05, 0.1) is 6.33 Å². The maximum atomic E-state index is 12.7. The van der Waals surface area contributed by atoms with Crippen molar-refractivity contribution in [2.75, 3.05) is 7.05 Å². The Morgan fingerprint density at radius 1 is 1.06 bits per heavy atom. The van der Waals surface area contributed by atoms with E-state index in [1.165, 1.54) is 5.56 Å². The number of benzene rings is 2. The summed E-state index contributed by atoms with van der Waals surface area (Å²) in [4.78, 5) is 27.3. The molecular weight excluding hydrogens is 441 g/mol. The van der Waals surface area contributed by atoms with Gasteiger partial charge < -0.3 is 14.6 Å². The third-order valence-electron chi connectivity index (χ3n) is 4.52. The predicted octanol–water partition coefficient (Wildman–Crippen LogP) is 3.11. The van der Waals surface area contributed by atoms with Gasteiger partial charge in [0.2, 0.25) is 0 Å². The fourth-order valence-corrected chi connectivity index (χ4v) is 2.88. The van der Waals surface area contributed by atoms with Crippen LogP contribution in [0.5, 0.6) is 0 Å². The van der Waals surface area contributed by atoms with Gasteiger partial charge in [0.25, 0.3) is 5.91 Å². The Balaban J connectivity index is 0.000000383. The third kappa shape index (κ3) is 6.38. The quantitative estimate of drug-likeness (QED) is 0.473. The van der Waals surface area contributed by atoms with E-state index in [0.717, 1.165) is 17.6 Å². The minimum atomic E-state index is -5.08. The van der Waals surface area contributed by atoms with E-state index in [4.69, 9.17) is 9.90 Å². The lowest BCUT2D eigenvalue weighted by Crippen LogP contribution is -2.26. The van der Waals surface area contributed by atoms with Crippen LogP contribution in [-0.4, -0.2) is 60.1 Å². The summed E-state index contributed by atoms with van der Waals surface area (Å²) >= 11 is 0. The lowest BCUT2D eigenvalue weighted by Gasteiger charge is -2.17. The van der Waals surface area contributed by atoms with E-state index < -0.39 is 12.1 Å². The number of carbonyl (C=O) groups excluding carboxylic acids is 1. The van der Waals surface area contributed by atoms with E-state index in [0.29, 0.717) is 17.6 Å². The van der Waals surface area contributed by atoms with E-state index >= 15 is 0 Å². The molecule has 2 aromatic carbocycles. The lowest BCUT2D eigenvalue weighted by molar-refractivity contribution is -0.192. The zero-order chi connectivity index (χ0) is 24.0. The molecule has 0 saturated carbocycles. The summed E-state index contributed by atoms with van der Waals surface area (Å²) in [5.41, 5.74) is 4.31. The van der Waals surface area contributed by atoms with Crippen molar-refractivity contribution in [3.63, 3.8) is 0 Å². The van der Waals surface area contributed by atoms with Crippen LogP contribution in [0.25, 0.3) is 11.0 Å². The number of carbonyl (C=O) groups is 2. The van der Waals surface area contributed by atoms with Crippen molar-refractivity contribution in [1.29, 1.82) is 0 Å². The molecule has 0 spiro atoms. The van der Waals surface area contributed by atoms with Crippen LogP contribution in [-0.2, 0) is 17.9 Å². The van der Waals surface area contributed by atoms with E-state index in [2.05, 4.69) is 44.7 Å². The number of aliphatic carboxylic acids is 1. The summed E-state index contributed by atoms with van der Waals surface area (Å²) in [5.74, 6) is -2.80. The fraction of sp³-hybridized carbons (Fsp3) is 0.190. The summed E-state index contributed by atoms with van der Waals surface area (Å²) in [6.45, 7) is 1.33.